The third-order valence-electron chi connectivity index (χ3n) is 2.44. The van der Waals surface area contributed by atoms with Crippen molar-refractivity contribution in [2.75, 3.05) is 17.4 Å². The number of rotatable bonds is 7. The van der Waals surface area contributed by atoms with Crippen molar-refractivity contribution in [3.05, 3.63) is 24.3 Å². The van der Waals surface area contributed by atoms with Crippen LogP contribution in [0.5, 0.6) is 0 Å². The average molecular weight is 289 g/mol. The summed E-state index contributed by atoms with van der Waals surface area (Å²) >= 11 is 1.70. The van der Waals surface area contributed by atoms with Crippen LogP contribution in [0.2, 0.25) is 0 Å². The molecule has 0 saturated carbocycles. The number of anilines is 1. The quantitative estimate of drug-likeness (QED) is 0.522. The molecule has 1 aromatic carbocycles. The summed E-state index contributed by atoms with van der Waals surface area (Å²) in [5.41, 5.74) is 3.13. The van der Waals surface area contributed by atoms with E-state index in [0.717, 1.165) is 12.2 Å². The molecule has 18 heavy (non-hydrogen) atoms. The fourth-order valence-corrected chi connectivity index (χ4v) is 3.28. The van der Waals surface area contributed by atoms with E-state index >= 15 is 0 Å². The Hall–Kier alpha value is -0.760. The number of benzene rings is 1. The fraction of sp³-hybridized carbons (Fsp3) is 0.455. The molecule has 0 aromatic heterocycles. The molecule has 0 fully saturated rings. The van der Waals surface area contributed by atoms with E-state index in [1.54, 1.807) is 23.9 Å². The van der Waals surface area contributed by atoms with Gasteiger partial charge in [0.2, 0.25) is 10.0 Å². The van der Waals surface area contributed by atoms with Crippen molar-refractivity contribution >= 4 is 27.5 Å². The van der Waals surface area contributed by atoms with Gasteiger partial charge < -0.3 is 5.43 Å². The summed E-state index contributed by atoms with van der Waals surface area (Å²) in [7, 11) is -3.44. The highest BCUT2D eigenvalue weighted by atomic mass is 32.2. The van der Waals surface area contributed by atoms with Gasteiger partial charge in [-0.05, 0) is 49.6 Å². The second-order valence-corrected chi connectivity index (χ2v) is 6.67. The summed E-state index contributed by atoms with van der Waals surface area (Å²) in [4.78, 5) is 0.248. The average Bonchev–Trinajstić information content (AvgIpc) is 2.36. The topological polar surface area (TPSA) is 84.2 Å². The lowest BCUT2D eigenvalue weighted by atomic mass is 10.3. The van der Waals surface area contributed by atoms with E-state index in [1.165, 1.54) is 12.1 Å². The Bertz CT molecular complexity index is 460. The summed E-state index contributed by atoms with van der Waals surface area (Å²) in [6.07, 6.45) is 2.81. The van der Waals surface area contributed by atoms with Crippen LogP contribution < -0.4 is 16.0 Å². The molecule has 0 spiro atoms. The van der Waals surface area contributed by atoms with Crippen molar-refractivity contribution in [3.63, 3.8) is 0 Å². The van der Waals surface area contributed by atoms with E-state index in [1.807, 2.05) is 13.2 Å². The summed E-state index contributed by atoms with van der Waals surface area (Å²) in [5.74, 6) is 6.16. The number of nitrogens with one attached hydrogen (secondary N) is 2. The van der Waals surface area contributed by atoms with Crippen molar-refractivity contribution in [3.8, 4) is 0 Å². The van der Waals surface area contributed by atoms with Gasteiger partial charge in [0.05, 0.1) is 4.90 Å². The van der Waals surface area contributed by atoms with Gasteiger partial charge in [-0.2, -0.15) is 11.8 Å². The fourth-order valence-electron chi connectivity index (χ4n) is 1.42. The molecule has 5 nitrogen and oxygen atoms in total. The Labute approximate surface area is 113 Å². The van der Waals surface area contributed by atoms with E-state index in [0.29, 0.717) is 5.69 Å². The van der Waals surface area contributed by atoms with E-state index in [4.69, 9.17) is 5.84 Å². The predicted molar refractivity (Wildman–Crippen MR) is 77.0 cm³/mol. The van der Waals surface area contributed by atoms with Crippen molar-refractivity contribution in [1.82, 2.24) is 4.72 Å². The number of hydrogen-bond acceptors (Lipinski definition) is 5. The molecule has 0 radical (unpaired) electrons. The molecule has 0 saturated heterocycles. The highest BCUT2D eigenvalue weighted by Crippen LogP contribution is 2.14. The van der Waals surface area contributed by atoms with Crippen LogP contribution in [0.15, 0.2) is 29.2 Å². The molecule has 1 atom stereocenters. The Morgan fingerprint density at radius 3 is 2.44 bits per heavy atom. The molecule has 7 heteroatoms. The highest BCUT2D eigenvalue weighted by Gasteiger charge is 2.16. The van der Waals surface area contributed by atoms with Gasteiger partial charge in [-0.15, -0.1) is 0 Å². The van der Waals surface area contributed by atoms with Crippen LogP contribution in [0.3, 0.4) is 0 Å². The van der Waals surface area contributed by atoms with Gasteiger partial charge in [0.25, 0.3) is 0 Å². The third kappa shape index (κ3) is 4.49. The zero-order valence-corrected chi connectivity index (χ0v) is 12.1. The first kappa shape index (κ1) is 15.3. The first-order valence-corrected chi connectivity index (χ1v) is 8.45. The third-order valence-corrected chi connectivity index (χ3v) is 4.69. The minimum atomic E-state index is -3.44. The molecule has 0 aliphatic rings. The van der Waals surface area contributed by atoms with Gasteiger partial charge in [0, 0.05) is 11.7 Å². The summed E-state index contributed by atoms with van der Waals surface area (Å²) < 4.78 is 26.7. The number of sulfonamides is 1. The van der Waals surface area contributed by atoms with E-state index in [2.05, 4.69) is 10.1 Å². The zero-order valence-electron chi connectivity index (χ0n) is 10.5. The standard InChI is InChI=1S/C11H19N3O2S2/c1-9(7-8-17-2)14-18(15,16)11-5-3-10(13-12)4-6-11/h3-6,9,13-14H,7-8,12H2,1-2H3. The van der Waals surface area contributed by atoms with Crippen LogP contribution in [-0.4, -0.2) is 26.5 Å². The minimum Gasteiger partial charge on any atom is -0.324 e. The first-order chi connectivity index (χ1) is 8.49. The van der Waals surface area contributed by atoms with Gasteiger partial charge in [0.1, 0.15) is 0 Å². The SMILES string of the molecule is CSCCC(C)NS(=O)(=O)c1ccc(NN)cc1. The van der Waals surface area contributed by atoms with Crippen molar-refractivity contribution < 1.29 is 8.42 Å². The largest absolute Gasteiger partial charge is 0.324 e. The maximum Gasteiger partial charge on any atom is 0.240 e. The predicted octanol–water partition coefficient (Wildman–Crippen LogP) is 1.39. The summed E-state index contributed by atoms with van der Waals surface area (Å²) in [6.45, 7) is 1.86. The van der Waals surface area contributed by atoms with Crippen molar-refractivity contribution in [2.45, 2.75) is 24.3 Å². The van der Waals surface area contributed by atoms with Crippen LogP contribution in [-0.2, 0) is 10.0 Å². The Balaban J connectivity index is 2.73. The number of hydrazine groups is 1. The van der Waals surface area contributed by atoms with Crippen LogP contribution in [0, 0.1) is 0 Å². The molecule has 1 aromatic rings. The van der Waals surface area contributed by atoms with Crippen LogP contribution in [0.25, 0.3) is 0 Å². The number of thioether (sulfide) groups is 1. The lowest BCUT2D eigenvalue weighted by Crippen LogP contribution is -2.33. The Kier molecular flexibility index (Phi) is 5.94. The molecule has 4 N–H and O–H groups in total. The van der Waals surface area contributed by atoms with Crippen LogP contribution in [0.4, 0.5) is 5.69 Å². The van der Waals surface area contributed by atoms with Gasteiger partial charge in [-0.25, -0.2) is 13.1 Å². The lowest BCUT2D eigenvalue weighted by Gasteiger charge is -2.13. The normalized spacial score (nSPS) is 13.3. The molecular formula is C11H19N3O2S2. The number of nitrogen functional groups attached to an aromatic ring is 1. The molecule has 1 rings (SSSR count). The molecule has 102 valence electrons. The smallest absolute Gasteiger partial charge is 0.240 e. The van der Waals surface area contributed by atoms with E-state index in [9.17, 15) is 8.42 Å². The van der Waals surface area contributed by atoms with E-state index < -0.39 is 10.0 Å². The highest BCUT2D eigenvalue weighted by molar-refractivity contribution is 7.98. The molecule has 0 amide bonds. The number of nitrogens with two attached hydrogens (primary N) is 1. The Morgan fingerprint density at radius 1 is 1.33 bits per heavy atom. The van der Waals surface area contributed by atoms with Gasteiger partial charge in [-0.1, -0.05) is 0 Å². The first-order valence-electron chi connectivity index (χ1n) is 5.57. The Morgan fingerprint density at radius 2 is 1.94 bits per heavy atom. The summed E-state index contributed by atoms with van der Waals surface area (Å²) in [6, 6.07) is 6.23. The van der Waals surface area contributed by atoms with Gasteiger partial charge >= 0.3 is 0 Å². The molecule has 0 aliphatic heterocycles. The maximum atomic E-state index is 12.0. The monoisotopic (exact) mass is 289 g/mol. The minimum absolute atomic E-state index is 0.0743. The molecule has 1 unspecified atom stereocenters. The molecule has 0 bridgehead atoms. The molecule has 0 aliphatic carbocycles. The lowest BCUT2D eigenvalue weighted by molar-refractivity contribution is 0.557. The zero-order chi connectivity index (χ0) is 13.6. The van der Waals surface area contributed by atoms with Crippen LogP contribution in [0.1, 0.15) is 13.3 Å². The second kappa shape index (κ2) is 6.98. The molecule has 0 heterocycles. The summed E-state index contributed by atoms with van der Waals surface area (Å²) in [5, 5.41) is 0. The van der Waals surface area contributed by atoms with Crippen LogP contribution >= 0.6 is 11.8 Å². The van der Waals surface area contributed by atoms with Gasteiger partial charge in [-0.3, -0.25) is 5.84 Å². The maximum absolute atomic E-state index is 12.0. The van der Waals surface area contributed by atoms with Crippen molar-refractivity contribution in [1.29, 1.82) is 0 Å². The number of hydrogen-bond donors (Lipinski definition) is 3. The molecular weight excluding hydrogens is 270 g/mol. The van der Waals surface area contributed by atoms with Gasteiger partial charge in [0.15, 0.2) is 0 Å². The van der Waals surface area contributed by atoms with E-state index in [-0.39, 0.29) is 10.9 Å². The van der Waals surface area contributed by atoms with Crippen molar-refractivity contribution in [2.24, 2.45) is 5.84 Å². The second-order valence-electron chi connectivity index (χ2n) is 3.97.